The van der Waals surface area contributed by atoms with Crippen LogP contribution in [0.15, 0.2) is 36.4 Å². The van der Waals surface area contributed by atoms with Gasteiger partial charge in [0.25, 0.3) is 0 Å². The zero-order valence-electron chi connectivity index (χ0n) is 10.5. The van der Waals surface area contributed by atoms with Gasteiger partial charge in [-0.2, -0.15) is 13.2 Å². The van der Waals surface area contributed by atoms with Gasteiger partial charge in [0.15, 0.2) is 0 Å². The van der Waals surface area contributed by atoms with Crippen molar-refractivity contribution in [3.63, 3.8) is 0 Å². The Kier molecular flexibility index (Phi) is 4.54. The lowest BCUT2D eigenvalue weighted by Crippen LogP contribution is -2.11. The number of hydrogen-bond acceptors (Lipinski definition) is 2. The summed E-state index contributed by atoms with van der Waals surface area (Å²) in [5.41, 5.74) is 4.61. The first-order chi connectivity index (χ1) is 9.77. The molecule has 112 valence electrons. The molecular weight excluding hydrogens is 326 g/mol. The van der Waals surface area contributed by atoms with E-state index in [1.165, 1.54) is 30.3 Å². The van der Waals surface area contributed by atoms with E-state index >= 15 is 0 Å². The summed E-state index contributed by atoms with van der Waals surface area (Å²) in [4.78, 5) is 0. The molecule has 7 heteroatoms. The minimum Gasteiger partial charge on any atom is -0.489 e. The van der Waals surface area contributed by atoms with Crippen LogP contribution >= 0.6 is 23.2 Å². The van der Waals surface area contributed by atoms with Crippen molar-refractivity contribution in [1.82, 2.24) is 0 Å². The Balaban J connectivity index is 2.22. The third-order valence-corrected chi connectivity index (χ3v) is 3.46. The second kappa shape index (κ2) is 6.03. The molecule has 0 aromatic heterocycles. The molecule has 2 aromatic rings. The van der Waals surface area contributed by atoms with Gasteiger partial charge in [-0.15, -0.1) is 0 Å². The summed E-state index contributed by atoms with van der Waals surface area (Å²) in [6.45, 7) is -0.257. The second-order valence-electron chi connectivity index (χ2n) is 4.28. The molecular formula is C14H10Cl2F3NO. The van der Waals surface area contributed by atoms with E-state index in [4.69, 9.17) is 33.7 Å². The fraction of sp³-hybridized carbons (Fsp3) is 0.143. The lowest BCUT2D eigenvalue weighted by Gasteiger charge is -2.14. The number of halogens is 5. The number of anilines is 1. The van der Waals surface area contributed by atoms with Crippen molar-refractivity contribution >= 4 is 28.9 Å². The monoisotopic (exact) mass is 335 g/mol. The van der Waals surface area contributed by atoms with Gasteiger partial charge in [-0.25, -0.2) is 0 Å². The molecule has 2 N–H and O–H groups in total. The number of alkyl halides is 3. The smallest absolute Gasteiger partial charge is 0.416 e. The summed E-state index contributed by atoms with van der Waals surface area (Å²) < 4.78 is 44.1. The Hall–Kier alpha value is -1.59. The normalized spacial score (nSPS) is 11.5. The minimum absolute atomic E-state index is 0.0113. The molecule has 0 unspecified atom stereocenters. The molecule has 0 spiro atoms. The number of hydrogen-bond donors (Lipinski definition) is 1. The molecule has 2 nitrogen and oxygen atoms in total. The Bertz CT molecular complexity index is 659. The first-order valence-electron chi connectivity index (χ1n) is 5.81. The summed E-state index contributed by atoms with van der Waals surface area (Å²) in [6, 6.07) is 8.03. The predicted octanol–water partition coefficient (Wildman–Crippen LogP) is 5.17. The summed E-state index contributed by atoms with van der Waals surface area (Å²) in [7, 11) is 0. The van der Waals surface area contributed by atoms with Crippen LogP contribution in [-0.2, 0) is 12.8 Å². The van der Waals surface area contributed by atoms with Crippen LogP contribution in [0.2, 0.25) is 10.0 Å². The number of rotatable bonds is 3. The maximum atomic E-state index is 12.9. The van der Waals surface area contributed by atoms with Gasteiger partial charge in [0, 0.05) is 17.3 Å². The highest BCUT2D eigenvalue weighted by Gasteiger charge is 2.33. The molecule has 0 heterocycles. The van der Waals surface area contributed by atoms with Crippen molar-refractivity contribution in [2.45, 2.75) is 12.8 Å². The quantitative estimate of drug-likeness (QED) is 0.785. The van der Waals surface area contributed by atoms with Crippen molar-refractivity contribution < 1.29 is 17.9 Å². The number of benzene rings is 2. The van der Waals surface area contributed by atoms with E-state index in [9.17, 15) is 13.2 Å². The summed E-state index contributed by atoms with van der Waals surface area (Å²) >= 11 is 11.6. The molecule has 0 saturated heterocycles. The summed E-state index contributed by atoms with van der Waals surface area (Å²) in [6.07, 6.45) is -4.49. The zero-order valence-corrected chi connectivity index (χ0v) is 12.1. The molecule has 21 heavy (non-hydrogen) atoms. The zero-order chi connectivity index (χ0) is 15.6. The van der Waals surface area contributed by atoms with Gasteiger partial charge in [0.05, 0.1) is 15.6 Å². The van der Waals surface area contributed by atoms with Gasteiger partial charge in [-0.1, -0.05) is 29.3 Å². The molecule has 0 aliphatic heterocycles. The van der Waals surface area contributed by atoms with Crippen LogP contribution in [0.25, 0.3) is 0 Å². The van der Waals surface area contributed by atoms with Crippen LogP contribution in [0, 0.1) is 0 Å². The van der Waals surface area contributed by atoms with Gasteiger partial charge in [-0.05, 0) is 24.3 Å². The van der Waals surface area contributed by atoms with Crippen LogP contribution in [0.4, 0.5) is 18.9 Å². The fourth-order valence-electron chi connectivity index (χ4n) is 1.71. The van der Waals surface area contributed by atoms with E-state index in [2.05, 4.69) is 0 Å². The SMILES string of the molecule is Nc1ccc(COc2ccc(Cl)c(Cl)c2)c(C(F)(F)F)c1. The lowest BCUT2D eigenvalue weighted by atomic mass is 10.1. The molecule has 0 aliphatic carbocycles. The first-order valence-corrected chi connectivity index (χ1v) is 6.56. The Morgan fingerprint density at radius 3 is 2.33 bits per heavy atom. The topological polar surface area (TPSA) is 35.2 Å². The van der Waals surface area contributed by atoms with Crippen molar-refractivity contribution in [2.75, 3.05) is 5.73 Å². The second-order valence-corrected chi connectivity index (χ2v) is 5.09. The van der Waals surface area contributed by atoms with Crippen LogP contribution in [0.5, 0.6) is 5.75 Å². The van der Waals surface area contributed by atoms with Crippen molar-refractivity contribution in [3.8, 4) is 5.75 Å². The lowest BCUT2D eigenvalue weighted by molar-refractivity contribution is -0.138. The molecule has 2 rings (SSSR count). The molecule has 0 atom stereocenters. The average Bonchev–Trinajstić information content (AvgIpc) is 2.40. The largest absolute Gasteiger partial charge is 0.489 e. The highest BCUT2D eigenvalue weighted by atomic mass is 35.5. The maximum Gasteiger partial charge on any atom is 0.416 e. The van der Waals surface area contributed by atoms with E-state index in [1.807, 2.05) is 0 Å². The Morgan fingerprint density at radius 2 is 1.71 bits per heavy atom. The van der Waals surface area contributed by atoms with Crippen LogP contribution < -0.4 is 10.5 Å². The average molecular weight is 336 g/mol. The molecule has 0 bridgehead atoms. The number of nitrogens with two attached hydrogens (primary N) is 1. The molecule has 0 aliphatic rings. The molecule has 0 saturated carbocycles. The van der Waals surface area contributed by atoms with E-state index in [0.717, 1.165) is 6.07 Å². The van der Waals surface area contributed by atoms with Crippen LogP contribution in [0.1, 0.15) is 11.1 Å². The Labute approximate surface area is 129 Å². The molecule has 2 aromatic carbocycles. The van der Waals surface area contributed by atoms with E-state index in [-0.39, 0.29) is 22.9 Å². The predicted molar refractivity (Wildman–Crippen MR) is 76.7 cm³/mol. The van der Waals surface area contributed by atoms with Crippen molar-refractivity contribution in [1.29, 1.82) is 0 Å². The summed E-state index contributed by atoms with van der Waals surface area (Å²) in [5.74, 6) is 0.328. The molecule has 0 radical (unpaired) electrons. The highest BCUT2D eigenvalue weighted by Crippen LogP contribution is 2.34. The van der Waals surface area contributed by atoms with E-state index < -0.39 is 11.7 Å². The van der Waals surface area contributed by atoms with Gasteiger partial charge < -0.3 is 10.5 Å². The van der Waals surface area contributed by atoms with Crippen LogP contribution in [-0.4, -0.2) is 0 Å². The van der Waals surface area contributed by atoms with Crippen LogP contribution in [0.3, 0.4) is 0 Å². The minimum atomic E-state index is -4.49. The highest BCUT2D eigenvalue weighted by molar-refractivity contribution is 6.42. The number of ether oxygens (including phenoxy) is 1. The third kappa shape index (κ3) is 3.95. The Morgan fingerprint density at radius 1 is 1.00 bits per heavy atom. The van der Waals surface area contributed by atoms with E-state index in [0.29, 0.717) is 10.8 Å². The van der Waals surface area contributed by atoms with Gasteiger partial charge in [-0.3, -0.25) is 0 Å². The molecule has 0 fully saturated rings. The summed E-state index contributed by atoms with van der Waals surface area (Å²) in [5, 5.41) is 0.606. The fourth-order valence-corrected chi connectivity index (χ4v) is 2.00. The standard InChI is InChI=1S/C14H10Cl2F3NO/c15-12-4-3-10(6-13(12)16)21-7-8-1-2-9(20)5-11(8)14(17,18)19/h1-6H,7,20H2. The third-order valence-electron chi connectivity index (χ3n) is 2.72. The molecule has 0 amide bonds. The number of nitrogen functional groups attached to an aromatic ring is 1. The van der Waals surface area contributed by atoms with Crippen molar-refractivity contribution in [3.05, 3.63) is 57.6 Å². The first kappa shape index (κ1) is 15.8. The van der Waals surface area contributed by atoms with Gasteiger partial charge >= 0.3 is 6.18 Å². The van der Waals surface area contributed by atoms with E-state index in [1.54, 1.807) is 0 Å². The van der Waals surface area contributed by atoms with Gasteiger partial charge in [0.1, 0.15) is 12.4 Å². The van der Waals surface area contributed by atoms with Gasteiger partial charge in [0.2, 0.25) is 0 Å². The van der Waals surface area contributed by atoms with Crippen molar-refractivity contribution in [2.24, 2.45) is 0 Å². The maximum absolute atomic E-state index is 12.9.